The zero-order chi connectivity index (χ0) is 9.30. The van der Waals surface area contributed by atoms with Crippen molar-refractivity contribution in [3.8, 4) is 0 Å². The molecule has 5 N–H and O–H groups in total. The summed E-state index contributed by atoms with van der Waals surface area (Å²) in [6.45, 7) is -0.560. The van der Waals surface area contributed by atoms with Crippen molar-refractivity contribution >= 4 is 0 Å². The van der Waals surface area contributed by atoms with Crippen molar-refractivity contribution in [3.05, 3.63) is 11.7 Å². The van der Waals surface area contributed by atoms with E-state index < -0.39 is 36.6 Å². The van der Waals surface area contributed by atoms with Crippen molar-refractivity contribution in [1.82, 2.24) is 0 Å². The third-order valence-corrected chi connectivity index (χ3v) is 1.65. The first kappa shape index (κ1) is 9.11. The van der Waals surface area contributed by atoms with E-state index >= 15 is 0 Å². The minimum atomic E-state index is -1.61. The van der Waals surface area contributed by atoms with Crippen molar-refractivity contribution in [3.63, 3.8) is 0 Å². The monoisotopic (exact) mass is 178 g/mol. The second kappa shape index (κ2) is 3.18. The molecule has 0 saturated carbocycles. The van der Waals surface area contributed by atoms with Gasteiger partial charge in [-0.2, -0.15) is 0 Å². The van der Waals surface area contributed by atoms with Crippen LogP contribution in [0.4, 0.5) is 0 Å². The molecule has 0 amide bonds. The van der Waals surface area contributed by atoms with Crippen molar-refractivity contribution in [2.75, 3.05) is 6.61 Å². The van der Waals surface area contributed by atoms with Gasteiger partial charge in [0.2, 0.25) is 5.76 Å². The first-order valence-electron chi connectivity index (χ1n) is 3.33. The number of ether oxygens (including phenoxy) is 1. The lowest BCUT2D eigenvalue weighted by molar-refractivity contribution is -0.137. The highest BCUT2D eigenvalue weighted by Gasteiger charge is 2.37. The second-order valence-corrected chi connectivity index (χ2v) is 2.46. The van der Waals surface area contributed by atoms with E-state index in [4.69, 9.17) is 25.5 Å². The Morgan fingerprint density at radius 2 is 1.83 bits per heavy atom. The Morgan fingerprint density at radius 3 is 2.33 bits per heavy atom. The standard InChI is InChI=1S/C6H10O6/c7-1-2-3(8)4(9)5(10)6(11)12-2/h2-4,7-11H,1H2. The first-order valence-corrected chi connectivity index (χ1v) is 3.33. The summed E-state index contributed by atoms with van der Waals surface area (Å²) in [5.41, 5.74) is 0. The lowest BCUT2D eigenvalue weighted by Gasteiger charge is -2.29. The van der Waals surface area contributed by atoms with Gasteiger partial charge in [-0.05, 0) is 0 Å². The Bertz CT molecular complexity index is 200. The highest BCUT2D eigenvalue weighted by Crippen LogP contribution is 2.20. The molecule has 0 aliphatic carbocycles. The molecule has 6 heteroatoms. The fourth-order valence-corrected chi connectivity index (χ4v) is 0.910. The quantitative estimate of drug-likeness (QED) is 0.330. The van der Waals surface area contributed by atoms with Crippen LogP contribution >= 0.6 is 0 Å². The summed E-state index contributed by atoms with van der Waals surface area (Å²) in [5, 5.41) is 44.3. The third kappa shape index (κ3) is 1.31. The van der Waals surface area contributed by atoms with Crippen molar-refractivity contribution in [2.24, 2.45) is 0 Å². The summed E-state index contributed by atoms with van der Waals surface area (Å²) in [4.78, 5) is 0. The maximum atomic E-state index is 9.09. The summed E-state index contributed by atoms with van der Waals surface area (Å²) in [5.74, 6) is -1.70. The zero-order valence-electron chi connectivity index (χ0n) is 6.08. The van der Waals surface area contributed by atoms with E-state index in [-0.39, 0.29) is 0 Å². The number of hydrogen-bond acceptors (Lipinski definition) is 6. The molecule has 0 aromatic heterocycles. The van der Waals surface area contributed by atoms with Crippen LogP contribution in [0, 0.1) is 0 Å². The van der Waals surface area contributed by atoms with E-state index in [0.29, 0.717) is 0 Å². The SMILES string of the molecule is OCC1OC(O)=C(O)C(O)C1O. The summed E-state index contributed by atoms with van der Waals surface area (Å²) < 4.78 is 4.46. The largest absolute Gasteiger partial charge is 0.504 e. The van der Waals surface area contributed by atoms with Crippen LogP contribution < -0.4 is 0 Å². The molecule has 1 aliphatic heterocycles. The van der Waals surface area contributed by atoms with Gasteiger partial charge in [0.05, 0.1) is 6.61 Å². The van der Waals surface area contributed by atoms with E-state index in [1.54, 1.807) is 0 Å². The van der Waals surface area contributed by atoms with Crippen LogP contribution in [0.3, 0.4) is 0 Å². The van der Waals surface area contributed by atoms with Crippen LogP contribution in [-0.2, 0) is 4.74 Å². The predicted octanol–water partition coefficient (Wildman–Crippen LogP) is -1.62. The van der Waals surface area contributed by atoms with Crippen LogP contribution in [0.25, 0.3) is 0 Å². The molecule has 0 radical (unpaired) electrons. The Kier molecular flexibility index (Phi) is 2.41. The Balaban J connectivity index is 2.83. The van der Waals surface area contributed by atoms with Gasteiger partial charge in [0.25, 0.3) is 0 Å². The summed E-state index contributed by atoms with van der Waals surface area (Å²) >= 11 is 0. The predicted molar refractivity (Wildman–Crippen MR) is 36.3 cm³/mol. The van der Waals surface area contributed by atoms with Crippen molar-refractivity contribution in [1.29, 1.82) is 0 Å². The summed E-state index contributed by atoms with van der Waals surface area (Å²) in [7, 11) is 0. The Hall–Kier alpha value is -0.980. The maximum absolute atomic E-state index is 9.09. The van der Waals surface area contributed by atoms with Gasteiger partial charge in [-0.1, -0.05) is 0 Å². The maximum Gasteiger partial charge on any atom is 0.319 e. The van der Waals surface area contributed by atoms with E-state index in [9.17, 15) is 0 Å². The molecule has 6 nitrogen and oxygen atoms in total. The summed E-state index contributed by atoms with van der Waals surface area (Å²) in [6, 6.07) is 0. The van der Waals surface area contributed by atoms with E-state index in [0.717, 1.165) is 0 Å². The average Bonchev–Trinajstić information content (AvgIpc) is 2.08. The molecule has 12 heavy (non-hydrogen) atoms. The Labute approximate surface area is 68.0 Å². The normalized spacial score (nSPS) is 36.4. The zero-order valence-corrected chi connectivity index (χ0v) is 6.08. The van der Waals surface area contributed by atoms with Gasteiger partial charge in [-0.15, -0.1) is 0 Å². The summed E-state index contributed by atoms with van der Waals surface area (Å²) in [6.07, 6.45) is -4.17. The van der Waals surface area contributed by atoms with Crippen LogP contribution in [0.15, 0.2) is 11.7 Å². The minimum Gasteiger partial charge on any atom is -0.504 e. The van der Waals surface area contributed by atoms with Crippen molar-refractivity contribution < 1.29 is 30.3 Å². The molecule has 0 aromatic rings. The van der Waals surface area contributed by atoms with Gasteiger partial charge in [-0.3, -0.25) is 0 Å². The minimum absolute atomic E-state index is 0.560. The molecule has 70 valence electrons. The van der Waals surface area contributed by atoms with Crippen molar-refractivity contribution in [2.45, 2.75) is 18.3 Å². The van der Waals surface area contributed by atoms with Gasteiger partial charge >= 0.3 is 5.95 Å². The van der Waals surface area contributed by atoms with Gasteiger partial charge in [0.1, 0.15) is 12.2 Å². The number of aliphatic hydroxyl groups excluding tert-OH is 5. The first-order chi connectivity index (χ1) is 5.57. The molecule has 1 rings (SSSR count). The topological polar surface area (TPSA) is 110 Å². The smallest absolute Gasteiger partial charge is 0.319 e. The van der Waals surface area contributed by atoms with Crippen LogP contribution in [0.1, 0.15) is 0 Å². The number of aliphatic hydroxyl groups is 5. The molecule has 0 aromatic carbocycles. The fraction of sp³-hybridized carbons (Fsp3) is 0.667. The molecule has 0 bridgehead atoms. The molecule has 1 aliphatic rings. The highest BCUT2D eigenvalue weighted by molar-refractivity contribution is 5.07. The lowest BCUT2D eigenvalue weighted by atomic mass is 10.1. The molecule has 0 fully saturated rings. The van der Waals surface area contributed by atoms with Crippen LogP contribution in [-0.4, -0.2) is 50.5 Å². The van der Waals surface area contributed by atoms with E-state index in [2.05, 4.69) is 4.74 Å². The highest BCUT2D eigenvalue weighted by atomic mass is 16.6. The van der Waals surface area contributed by atoms with Crippen LogP contribution in [0.5, 0.6) is 0 Å². The van der Waals surface area contributed by atoms with Gasteiger partial charge in [0, 0.05) is 0 Å². The Morgan fingerprint density at radius 1 is 1.25 bits per heavy atom. The van der Waals surface area contributed by atoms with Gasteiger partial charge in [0.15, 0.2) is 6.10 Å². The molecule has 0 saturated heterocycles. The molecular formula is C6H10O6. The molecule has 0 spiro atoms. The molecule has 1 heterocycles. The second-order valence-electron chi connectivity index (χ2n) is 2.46. The van der Waals surface area contributed by atoms with E-state index in [1.165, 1.54) is 0 Å². The third-order valence-electron chi connectivity index (χ3n) is 1.65. The van der Waals surface area contributed by atoms with Gasteiger partial charge in [-0.25, -0.2) is 0 Å². The van der Waals surface area contributed by atoms with Gasteiger partial charge < -0.3 is 30.3 Å². The number of rotatable bonds is 1. The molecule has 3 unspecified atom stereocenters. The van der Waals surface area contributed by atoms with Crippen LogP contribution in [0.2, 0.25) is 0 Å². The number of hydrogen-bond donors (Lipinski definition) is 5. The lowest BCUT2D eigenvalue weighted by Crippen LogP contribution is -2.46. The average molecular weight is 178 g/mol. The molecular weight excluding hydrogens is 168 g/mol. The van der Waals surface area contributed by atoms with E-state index in [1.807, 2.05) is 0 Å². The fourth-order valence-electron chi connectivity index (χ4n) is 0.910. The molecule has 3 atom stereocenters.